The van der Waals surface area contributed by atoms with Crippen molar-refractivity contribution in [1.82, 2.24) is 5.32 Å². The summed E-state index contributed by atoms with van der Waals surface area (Å²) in [4.78, 5) is 0. The standard InChI is InChI=1S/C15H16FNO2/c1-17-10-15(18)11-5-7-13(8-6-11)19-14-4-2-3-12(16)9-14/h2-9,15,17-18H,10H2,1H3. The summed E-state index contributed by atoms with van der Waals surface area (Å²) in [6, 6.07) is 13.0. The van der Waals surface area contributed by atoms with Crippen LogP contribution in [-0.2, 0) is 0 Å². The van der Waals surface area contributed by atoms with Crippen molar-refractivity contribution in [2.45, 2.75) is 6.10 Å². The lowest BCUT2D eigenvalue weighted by Crippen LogP contribution is -2.16. The topological polar surface area (TPSA) is 41.5 Å². The molecule has 1 unspecified atom stereocenters. The SMILES string of the molecule is CNCC(O)c1ccc(Oc2cccc(F)c2)cc1. The van der Waals surface area contributed by atoms with Crippen LogP contribution in [0.3, 0.4) is 0 Å². The molecule has 0 aromatic heterocycles. The first-order chi connectivity index (χ1) is 9.19. The molecule has 2 aromatic rings. The van der Waals surface area contributed by atoms with Gasteiger partial charge in [0.2, 0.25) is 0 Å². The average molecular weight is 261 g/mol. The van der Waals surface area contributed by atoms with Crippen molar-refractivity contribution in [1.29, 1.82) is 0 Å². The molecule has 0 aliphatic heterocycles. The van der Waals surface area contributed by atoms with Gasteiger partial charge in [-0.3, -0.25) is 0 Å². The van der Waals surface area contributed by atoms with Gasteiger partial charge in [0.15, 0.2) is 0 Å². The zero-order valence-corrected chi connectivity index (χ0v) is 10.6. The van der Waals surface area contributed by atoms with Gasteiger partial charge in [0.1, 0.15) is 17.3 Å². The third kappa shape index (κ3) is 3.77. The van der Waals surface area contributed by atoms with E-state index in [2.05, 4.69) is 5.32 Å². The Morgan fingerprint density at radius 3 is 2.53 bits per heavy atom. The van der Waals surface area contributed by atoms with Crippen molar-refractivity contribution in [2.75, 3.05) is 13.6 Å². The van der Waals surface area contributed by atoms with E-state index in [1.807, 2.05) is 0 Å². The van der Waals surface area contributed by atoms with Crippen molar-refractivity contribution >= 4 is 0 Å². The second-order valence-electron chi connectivity index (χ2n) is 4.20. The molecule has 0 saturated heterocycles. The minimum absolute atomic E-state index is 0.335. The summed E-state index contributed by atoms with van der Waals surface area (Å²) in [6.07, 6.45) is -0.548. The largest absolute Gasteiger partial charge is 0.457 e. The Labute approximate surface area is 111 Å². The molecule has 0 heterocycles. The molecule has 2 rings (SSSR count). The van der Waals surface area contributed by atoms with Crippen LogP contribution in [0.2, 0.25) is 0 Å². The number of hydrogen-bond donors (Lipinski definition) is 2. The van der Waals surface area contributed by atoms with Crippen LogP contribution in [0.5, 0.6) is 11.5 Å². The van der Waals surface area contributed by atoms with Crippen molar-refractivity contribution < 1.29 is 14.2 Å². The first-order valence-electron chi connectivity index (χ1n) is 6.05. The summed E-state index contributed by atoms with van der Waals surface area (Å²) in [6.45, 7) is 0.490. The van der Waals surface area contributed by atoms with Gasteiger partial charge >= 0.3 is 0 Å². The Morgan fingerprint density at radius 2 is 1.89 bits per heavy atom. The van der Waals surface area contributed by atoms with Gasteiger partial charge in [-0.25, -0.2) is 4.39 Å². The van der Waals surface area contributed by atoms with Gasteiger partial charge in [0, 0.05) is 12.6 Å². The van der Waals surface area contributed by atoms with Crippen LogP contribution in [-0.4, -0.2) is 18.7 Å². The number of hydrogen-bond acceptors (Lipinski definition) is 3. The molecule has 0 fully saturated rings. The van der Waals surface area contributed by atoms with Crippen LogP contribution in [0, 0.1) is 5.82 Å². The van der Waals surface area contributed by atoms with E-state index in [9.17, 15) is 9.50 Å². The van der Waals surface area contributed by atoms with Crippen molar-refractivity contribution in [3.05, 3.63) is 59.9 Å². The molecule has 2 N–H and O–H groups in total. The molecule has 4 heteroatoms. The molecule has 0 amide bonds. The van der Waals surface area contributed by atoms with Gasteiger partial charge in [-0.1, -0.05) is 18.2 Å². The molecular weight excluding hydrogens is 245 g/mol. The maximum absolute atomic E-state index is 13.0. The summed E-state index contributed by atoms with van der Waals surface area (Å²) in [5.41, 5.74) is 0.806. The predicted molar refractivity (Wildman–Crippen MR) is 71.8 cm³/mol. The van der Waals surface area contributed by atoms with Gasteiger partial charge < -0.3 is 15.2 Å². The highest BCUT2D eigenvalue weighted by Crippen LogP contribution is 2.23. The maximum atomic E-state index is 13.0. The van der Waals surface area contributed by atoms with Gasteiger partial charge in [0.25, 0.3) is 0 Å². The van der Waals surface area contributed by atoms with Crippen LogP contribution < -0.4 is 10.1 Å². The molecule has 0 aliphatic rings. The Bertz CT molecular complexity index is 528. The smallest absolute Gasteiger partial charge is 0.130 e. The van der Waals surface area contributed by atoms with Crippen molar-refractivity contribution in [2.24, 2.45) is 0 Å². The Hall–Kier alpha value is -1.91. The van der Waals surface area contributed by atoms with Crippen LogP contribution >= 0.6 is 0 Å². The number of aliphatic hydroxyl groups is 1. The van der Waals surface area contributed by atoms with E-state index in [1.54, 1.807) is 43.4 Å². The lowest BCUT2D eigenvalue weighted by molar-refractivity contribution is 0.177. The minimum atomic E-state index is -0.548. The predicted octanol–water partition coefficient (Wildman–Crippen LogP) is 2.87. The van der Waals surface area contributed by atoms with Crippen LogP contribution in [0.25, 0.3) is 0 Å². The molecule has 1 atom stereocenters. The quantitative estimate of drug-likeness (QED) is 0.869. The van der Waals surface area contributed by atoms with E-state index in [4.69, 9.17) is 4.74 Å². The highest BCUT2D eigenvalue weighted by atomic mass is 19.1. The number of nitrogens with one attached hydrogen (secondary N) is 1. The van der Waals surface area contributed by atoms with Gasteiger partial charge in [-0.15, -0.1) is 0 Å². The van der Waals surface area contributed by atoms with E-state index in [1.165, 1.54) is 12.1 Å². The van der Waals surface area contributed by atoms with Crippen molar-refractivity contribution in [3.8, 4) is 11.5 Å². The summed E-state index contributed by atoms with van der Waals surface area (Å²) in [7, 11) is 1.78. The molecule has 100 valence electrons. The van der Waals surface area contributed by atoms with E-state index in [-0.39, 0.29) is 5.82 Å². The number of aliphatic hydroxyl groups excluding tert-OH is 1. The molecule has 0 radical (unpaired) electrons. The summed E-state index contributed by atoms with van der Waals surface area (Å²) in [5, 5.41) is 12.7. The monoisotopic (exact) mass is 261 g/mol. The fourth-order valence-corrected chi connectivity index (χ4v) is 1.74. The Balaban J connectivity index is 2.06. The van der Waals surface area contributed by atoms with E-state index >= 15 is 0 Å². The molecule has 0 spiro atoms. The lowest BCUT2D eigenvalue weighted by atomic mass is 10.1. The molecule has 0 bridgehead atoms. The number of benzene rings is 2. The number of rotatable bonds is 5. The summed E-state index contributed by atoms with van der Waals surface area (Å²) < 4.78 is 18.5. The molecule has 2 aromatic carbocycles. The summed E-state index contributed by atoms with van der Waals surface area (Å²) in [5.74, 6) is 0.716. The molecular formula is C15H16FNO2. The average Bonchev–Trinajstić information content (AvgIpc) is 2.40. The molecule has 0 saturated carbocycles. The maximum Gasteiger partial charge on any atom is 0.130 e. The Kier molecular flexibility index (Phi) is 4.49. The molecule has 3 nitrogen and oxygen atoms in total. The second-order valence-corrected chi connectivity index (χ2v) is 4.20. The fraction of sp³-hybridized carbons (Fsp3) is 0.200. The van der Waals surface area contributed by atoms with E-state index < -0.39 is 6.10 Å². The first-order valence-corrected chi connectivity index (χ1v) is 6.05. The fourth-order valence-electron chi connectivity index (χ4n) is 1.74. The third-order valence-electron chi connectivity index (χ3n) is 2.69. The number of ether oxygens (including phenoxy) is 1. The van der Waals surface area contributed by atoms with Gasteiger partial charge in [0.05, 0.1) is 6.10 Å². The van der Waals surface area contributed by atoms with Gasteiger partial charge in [-0.05, 0) is 36.9 Å². The van der Waals surface area contributed by atoms with Crippen LogP contribution in [0.4, 0.5) is 4.39 Å². The Morgan fingerprint density at radius 1 is 1.16 bits per heavy atom. The number of likely N-dealkylation sites (N-methyl/N-ethyl adjacent to an activating group) is 1. The number of halogens is 1. The van der Waals surface area contributed by atoms with E-state index in [0.717, 1.165) is 5.56 Å². The van der Waals surface area contributed by atoms with Crippen LogP contribution in [0.1, 0.15) is 11.7 Å². The highest BCUT2D eigenvalue weighted by Gasteiger charge is 2.06. The normalized spacial score (nSPS) is 12.2. The summed E-state index contributed by atoms with van der Waals surface area (Å²) >= 11 is 0. The first kappa shape index (κ1) is 13.5. The van der Waals surface area contributed by atoms with Crippen molar-refractivity contribution in [3.63, 3.8) is 0 Å². The van der Waals surface area contributed by atoms with Crippen LogP contribution in [0.15, 0.2) is 48.5 Å². The zero-order chi connectivity index (χ0) is 13.7. The lowest BCUT2D eigenvalue weighted by Gasteiger charge is -2.11. The van der Waals surface area contributed by atoms with Gasteiger partial charge in [-0.2, -0.15) is 0 Å². The zero-order valence-electron chi connectivity index (χ0n) is 10.6. The third-order valence-corrected chi connectivity index (χ3v) is 2.69. The molecule has 0 aliphatic carbocycles. The highest BCUT2D eigenvalue weighted by molar-refractivity contribution is 5.33. The minimum Gasteiger partial charge on any atom is -0.457 e. The molecule has 19 heavy (non-hydrogen) atoms. The second kappa shape index (κ2) is 6.31. The van der Waals surface area contributed by atoms with E-state index in [0.29, 0.717) is 18.0 Å².